The fourth-order valence-corrected chi connectivity index (χ4v) is 3.02. The first-order valence-corrected chi connectivity index (χ1v) is 11.0. The molecule has 1 amide bonds. The molecule has 172 valence electrons. The Morgan fingerprint density at radius 1 is 0.939 bits per heavy atom. The summed E-state index contributed by atoms with van der Waals surface area (Å²) >= 11 is 5.92. The second kappa shape index (κ2) is 11.9. The molecule has 0 aliphatic rings. The van der Waals surface area contributed by atoms with Crippen LogP contribution < -0.4 is 19.6 Å². The third-order valence-electron chi connectivity index (χ3n) is 4.83. The zero-order chi connectivity index (χ0) is 23.6. The van der Waals surface area contributed by atoms with Crippen LogP contribution in [0.1, 0.15) is 29.2 Å². The van der Waals surface area contributed by atoms with E-state index < -0.39 is 0 Å². The molecule has 0 aromatic heterocycles. The number of benzene rings is 3. The van der Waals surface area contributed by atoms with Gasteiger partial charge in [0.15, 0.2) is 18.1 Å². The van der Waals surface area contributed by atoms with Crippen LogP contribution in [0.25, 0.3) is 0 Å². The van der Waals surface area contributed by atoms with Gasteiger partial charge in [0.1, 0.15) is 12.4 Å². The van der Waals surface area contributed by atoms with Crippen molar-refractivity contribution in [3.63, 3.8) is 0 Å². The van der Waals surface area contributed by atoms with Gasteiger partial charge < -0.3 is 14.2 Å². The number of aryl methyl sites for hydroxylation is 2. The van der Waals surface area contributed by atoms with Crippen LogP contribution >= 0.6 is 11.6 Å². The van der Waals surface area contributed by atoms with Gasteiger partial charge in [-0.15, -0.1) is 0 Å². The van der Waals surface area contributed by atoms with Gasteiger partial charge in [0.05, 0.1) is 12.8 Å². The molecule has 0 atom stereocenters. The molecule has 33 heavy (non-hydrogen) atoms. The Morgan fingerprint density at radius 2 is 1.73 bits per heavy atom. The van der Waals surface area contributed by atoms with Crippen LogP contribution in [0.3, 0.4) is 0 Å². The van der Waals surface area contributed by atoms with Crippen molar-refractivity contribution in [3.8, 4) is 17.2 Å². The minimum atomic E-state index is -0.350. The van der Waals surface area contributed by atoms with E-state index in [1.807, 2.05) is 81.4 Å². The topological polar surface area (TPSA) is 69.2 Å². The molecular formula is C26H27ClN2O4. The second-order valence-electron chi connectivity index (χ2n) is 7.38. The number of hydrazone groups is 1. The average molecular weight is 467 g/mol. The molecule has 7 heteroatoms. The van der Waals surface area contributed by atoms with Gasteiger partial charge in [-0.3, -0.25) is 4.79 Å². The Kier molecular flexibility index (Phi) is 8.72. The van der Waals surface area contributed by atoms with Crippen molar-refractivity contribution in [2.45, 2.75) is 27.4 Å². The van der Waals surface area contributed by atoms with E-state index in [1.54, 1.807) is 6.21 Å². The molecule has 6 nitrogen and oxygen atoms in total. The van der Waals surface area contributed by atoms with Gasteiger partial charge in [-0.25, -0.2) is 5.43 Å². The largest absolute Gasteiger partial charge is 0.490 e. The van der Waals surface area contributed by atoms with Crippen molar-refractivity contribution in [2.75, 3.05) is 13.2 Å². The molecule has 1 N–H and O–H groups in total. The summed E-state index contributed by atoms with van der Waals surface area (Å²) in [6.07, 6.45) is 1.54. The maximum absolute atomic E-state index is 12.0. The number of rotatable bonds is 10. The minimum Gasteiger partial charge on any atom is -0.490 e. The van der Waals surface area contributed by atoms with Crippen LogP contribution in [0.5, 0.6) is 17.2 Å². The fraction of sp³-hybridized carbons (Fsp3) is 0.231. The average Bonchev–Trinajstić information content (AvgIpc) is 2.80. The van der Waals surface area contributed by atoms with Crippen molar-refractivity contribution >= 4 is 23.7 Å². The molecule has 0 saturated carbocycles. The molecule has 0 aliphatic heterocycles. The summed E-state index contributed by atoms with van der Waals surface area (Å²) in [7, 11) is 0. The molecule has 0 unspecified atom stereocenters. The number of hydrogen-bond donors (Lipinski definition) is 1. The second-order valence-corrected chi connectivity index (χ2v) is 7.82. The van der Waals surface area contributed by atoms with Crippen molar-refractivity contribution in [2.24, 2.45) is 5.10 Å². The van der Waals surface area contributed by atoms with E-state index >= 15 is 0 Å². The predicted molar refractivity (Wildman–Crippen MR) is 131 cm³/mol. The predicted octanol–water partition coefficient (Wildman–Crippen LogP) is 5.46. The molecular weight excluding hydrogens is 440 g/mol. The van der Waals surface area contributed by atoms with Crippen molar-refractivity contribution in [1.82, 2.24) is 5.43 Å². The summed E-state index contributed by atoms with van der Waals surface area (Å²) in [5.41, 5.74) is 6.50. The third kappa shape index (κ3) is 7.54. The Balaban J connectivity index is 1.54. The highest BCUT2D eigenvalue weighted by Gasteiger charge is 2.07. The summed E-state index contributed by atoms with van der Waals surface area (Å²) < 4.78 is 17.1. The van der Waals surface area contributed by atoms with Gasteiger partial charge in [0, 0.05) is 5.02 Å². The van der Waals surface area contributed by atoms with Crippen LogP contribution in [0.15, 0.2) is 65.8 Å². The van der Waals surface area contributed by atoms with Gasteiger partial charge in [0.2, 0.25) is 0 Å². The maximum atomic E-state index is 12.0. The van der Waals surface area contributed by atoms with Gasteiger partial charge in [0.25, 0.3) is 5.91 Å². The number of halogens is 1. The fourth-order valence-electron chi connectivity index (χ4n) is 2.90. The van der Waals surface area contributed by atoms with Crippen LogP contribution in [0, 0.1) is 13.8 Å². The third-order valence-corrected chi connectivity index (χ3v) is 5.08. The molecule has 3 rings (SSSR count). The lowest BCUT2D eigenvalue weighted by Crippen LogP contribution is -2.24. The molecule has 0 bridgehead atoms. The van der Waals surface area contributed by atoms with E-state index in [9.17, 15) is 4.79 Å². The number of carbonyl (C=O) groups is 1. The number of carbonyl (C=O) groups excluding carboxylic acids is 1. The van der Waals surface area contributed by atoms with E-state index in [0.717, 1.165) is 16.7 Å². The van der Waals surface area contributed by atoms with Gasteiger partial charge >= 0.3 is 0 Å². The minimum absolute atomic E-state index is 0.123. The lowest BCUT2D eigenvalue weighted by atomic mass is 10.1. The monoisotopic (exact) mass is 466 g/mol. The number of ether oxygens (including phenoxy) is 3. The summed E-state index contributed by atoms with van der Waals surface area (Å²) in [5.74, 6) is 1.51. The quantitative estimate of drug-likeness (QED) is 0.318. The standard InChI is InChI=1S/C26H27ClN2O4/c1-4-31-25-14-21(8-12-24(25)33-16-20-6-9-22(27)10-7-20)15-28-29-26(30)17-32-23-11-5-18(2)19(3)13-23/h5-15H,4,16-17H2,1-3H3,(H,29,30)/b28-15-. The molecule has 0 radical (unpaired) electrons. The Labute approximate surface area is 199 Å². The first-order valence-electron chi connectivity index (χ1n) is 10.6. The van der Waals surface area contributed by atoms with Crippen LogP contribution in [0.2, 0.25) is 5.02 Å². The molecule has 0 fully saturated rings. The van der Waals surface area contributed by atoms with Gasteiger partial charge in [-0.05, 0) is 85.5 Å². The molecule has 0 aliphatic carbocycles. The van der Waals surface area contributed by atoms with E-state index in [0.29, 0.717) is 35.5 Å². The number of hydrogen-bond acceptors (Lipinski definition) is 5. The lowest BCUT2D eigenvalue weighted by molar-refractivity contribution is -0.123. The molecule has 3 aromatic carbocycles. The molecule has 3 aromatic rings. The zero-order valence-corrected chi connectivity index (χ0v) is 19.7. The normalized spacial score (nSPS) is 10.8. The first-order chi connectivity index (χ1) is 15.9. The molecule has 0 saturated heterocycles. The summed E-state index contributed by atoms with van der Waals surface area (Å²) in [6.45, 7) is 6.68. The smallest absolute Gasteiger partial charge is 0.277 e. The van der Waals surface area contributed by atoms with Crippen molar-refractivity contribution in [1.29, 1.82) is 0 Å². The molecule has 0 spiro atoms. The van der Waals surface area contributed by atoms with Gasteiger partial charge in [-0.1, -0.05) is 29.8 Å². The highest BCUT2D eigenvalue weighted by atomic mass is 35.5. The lowest BCUT2D eigenvalue weighted by Gasteiger charge is -2.12. The van der Waals surface area contributed by atoms with Crippen molar-refractivity contribution < 1.29 is 19.0 Å². The Bertz CT molecular complexity index is 1110. The summed E-state index contributed by atoms with van der Waals surface area (Å²) in [5, 5.41) is 4.69. The Hall–Kier alpha value is -3.51. The number of amides is 1. The van der Waals surface area contributed by atoms with Gasteiger partial charge in [-0.2, -0.15) is 5.10 Å². The number of nitrogens with one attached hydrogen (secondary N) is 1. The first kappa shape index (κ1) is 24.1. The van der Waals surface area contributed by atoms with Crippen LogP contribution in [-0.4, -0.2) is 25.3 Å². The Morgan fingerprint density at radius 3 is 2.45 bits per heavy atom. The maximum Gasteiger partial charge on any atom is 0.277 e. The van der Waals surface area contributed by atoms with E-state index in [-0.39, 0.29) is 12.5 Å². The SMILES string of the molecule is CCOc1cc(/C=N\NC(=O)COc2ccc(C)c(C)c2)ccc1OCc1ccc(Cl)cc1. The highest BCUT2D eigenvalue weighted by molar-refractivity contribution is 6.30. The molecule has 0 heterocycles. The van der Waals surface area contributed by atoms with E-state index in [2.05, 4.69) is 10.5 Å². The summed E-state index contributed by atoms with van der Waals surface area (Å²) in [4.78, 5) is 12.0. The zero-order valence-electron chi connectivity index (χ0n) is 18.9. The van der Waals surface area contributed by atoms with E-state index in [1.165, 1.54) is 5.56 Å². The highest BCUT2D eigenvalue weighted by Crippen LogP contribution is 2.29. The van der Waals surface area contributed by atoms with E-state index in [4.69, 9.17) is 25.8 Å². The van der Waals surface area contributed by atoms with Crippen LogP contribution in [-0.2, 0) is 11.4 Å². The number of nitrogens with zero attached hydrogens (tertiary/aromatic N) is 1. The summed E-state index contributed by atoms with van der Waals surface area (Å²) in [6, 6.07) is 18.6. The van der Waals surface area contributed by atoms with Crippen molar-refractivity contribution in [3.05, 3.63) is 87.9 Å². The van der Waals surface area contributed by atoms with Crippen LogP contribution in [0.4, 0.5) is 0 Å².